The molecule has 7 heteroatoms. The van der Waals surface area contributed by atoms with Crippen LogP contribution in [0.2, 0.25) is 0 Å². The summed E-state index contributed by atoms with van der Waals surface area (Å²) in [5, 5.41) is 11.4. The lowest BCUT2D eigenvalue weighted by atomic mass is 9.95. The van der Waals surface area contributed by atoms with E-state index < -0.39 is 24.4 Å². The Labute approximate surface area is 185 Å². The number of rotatable bonds is 19. The van der Waals surface area contributed by atoms with Crippen LogP contribution in [0, 0.1) is 0 Å². The maximum absolute atomic E-state index is 12.7. The molecule has 5 nitrogen and oxygen atoms in total. The minimum absolute atomic E-state index is 0.0871. The van der Waals surface area contributed by atoms with E-state index in [9.17, 15) is 18.4 Å². The van der Waals surface area contributed by atoms with E-state index in [1.807, 2.05) is 0 Å². The van der Waals surface area contributed by atoms with Crippen molar-refractivity contribution >= 4 is 11.9 Å². The molecular formula is C24H40F2N2O3. The number of allylic oxidation sites excluding steroid dienone is 6. The van der Waals surface area contributed by atoms with E-state index in [1.165, 1.54) is 19.3 Å². The highest BCUT2D eigenvalue weighted by Gasteiger charge is 2.43. The fourth-order valence-corrected chi connectivity index (χ4v) is 2.84. The molecule has 0 rings (SSSR count). The molecule has 178 valence electrons. The highest BCUT2D eigenvalue weighted by Crippen LogP contribution is 2.19. The van der Waals surface area contributed by atoms with Gasteiger partial charge in [0.05, 0.1) is 0 Å². The fourth-order valence-electron chi connectivity index (χ4n) is 2.84. The Morgan fingerprint density at radius 1 is 0.935 bits per heavy atom. The zero-order valence-electron chi connectivity index (χ0n) is 18.8. The van der Waals surface area contributed by atoms with Crippen molar-refractivity contribution in [1.82, 2.24) is 5.32 Å². The van der Waals surface area contributed by atoms with Crippen molar-refractivity contribution in [2.45, 2.75) is 95.9 Å². The largest absolute Gasteiger partial charge is 0.480 e. The summed E-state index contributed by atoms with van der Waals surface area (Å²) < 4.78 is 25.5. The molecule has 0 fully saturated rings. The molecule has 1 atom stereocenters. The van der Waals surface area contributed by atoms with Crippen LogP contribution < -0.4 is 11.1 Å². The maximum atomic E-state index is 12.7. The van der Waals surface area contributed by atoms with Gasteiger partial charge in [-0.2, -0.15) is 0 Å². The second-order valence-corrected chi connectivity index (χ2v) is 7.73. The number of nitrogens with two attached hydrogens (primary N) is 1. The van der Waals surface area contributed by atoms with Gasteiger partial charge in [0.1, 0.15) is 0 Å². The number of carbonyl (C=O) groups is 2. The molecule has 0 spiro atoms. The molecule has 0 aliphatic rings. The molecule has 4 N–H and O–H groups in total. The van der Waals surface area contributed by atoms with E-state index in [4.69, 9.17) is 10.8 Å². The third-order valence-corrected chi connectivity index (χ3v) is 4.92. The van der Waals surface area contributed by atoms with Crippen LogP contribution in [0.4, 0.5) is 8.78 Å². The molecule has 0 heterocycles. The molecule has 31 heavy (non-hydrogen) atoms. The summed E-state index contributed by atoms with van der Waals surface area (Å²) in [6.07, 6.45) is 19.3. The molecule has 0 aromatic carbocycles. The van der Waals surface area contributed by atoms with Crippen LogP contribution in [0.3, 0.4) is 0 Å². The van der Waals surface area contributed by atoms with Crippen LogP contribution in [0.5, 0.6) is 0 Å². The van der Waals surface area contributed by atoms with Crippen molar-refractivity contribution in [3.05, 3.63) is 36.5 Å². The molecule has 0 aromatic rings. The summed E-state index contributed by atoms with van der Waals surface area (Å²) in [7, 11) is 0. The number of aliphatic carboxylic acids is 1. The molecule has 0 aliphatic carbocycles. The normalized spacial score (nSPS) is 14.1. The van der Waals surface area contributed by atoms with Gasteiger partial charge in [0.15, 0.2) is 5.54 Å². The van der Waals surface area contributed by atoms with Gasteiger partial charge in [-0.15, -0.1) is 0 Å². The first-order valence-corrected chi connectivity index (χ1v) is 11.4. The Bertz CT molecular complexity index is 577. The van der Waals surface area contributed by atoms with E-state index in [0.29, 0.717) is 6.42 Å². The average Bonchev–Trinajstić information content (AvgIpc) is 2.73. The Morgan fingerprint density at radius 3 is 2.00 bits per heavy atom. The van der Waals surface area contributed by atoms with Crippen molar-refractivity contribution < 1.29 is 23.5 Å². The highest BCUT2D eigenvalue weighted by atomic mass is 19.3. The number of carbonyl (C=O) groups excluding carboxylic acids is 1. The summed E-state index contributed by atoms with van der Waals surface area (Å²) in [6, 6.07) is 0. The van der Waals surface area contributed by atoms with Gasteiger partial charge in [0.25, 0.3) is 6.43 Å². The molecular weight excluding hydrogens is 402 g/mol. The molecule has 0 saturated heterocycles. The highest BCUT2D eigenvalue weighted by molar-refractivity contribution is 5.79. The monoisotopic (exact) mass is 442 g/mol. The van der Waals surface area contributed by atoms with Crippen molar-refractivity contribution in [2.24, 2.45) is 5.73 Å². The molecule has 0 aliphatic heterocycles. The second-order valence-electron chi connectivity index (χ2n) is 7.73. The summed E-state index contributed by atoms with van der Waals surface area (Å²) in [5.74, 6) is -1.89. The topological polar surface area (TPSA) is 92.4 Å². The number of unbranched alkanes of at least 4 members (excludes halogenated alkanes) is 5. The van der Waals surface area contributed by atoms with Crippen molar-refractivity contribution in [3.63, 3.8) is 0 Å². The first-order chi connectivity index (χ1) is 14.8. The number of amides is 1. The Kier molecular flexibility index (Phi) is 17.5. The third-order valence-electron chi connectivity index (χ3n) is 4.92. The SMILES string of the molecule is CCCCC/C=C/C/C=C/C/C=C/CCCCC(=O)NCCCC(N)(C(=O)O)C(F)F. The van der Waals surface area contributed by atoms with E-state index in [0.717, 1.165) is 38.5 Å². The van der Waals surface area contributed by atoms with E-state index >= 15 is 0 Å². The lowest BCUT2D eigenvalue weighted by Gasteiger charge is -2.23. The number of hydrogen-bond acceptors (Lipinski definition) is 3. The Morgan fingerprint density at radius 2 is 1.48 bits per heavy atom. The van der Waals surface area contributed by atoms with Crippen LogP contribution in [0.1, 0.15) is 84.0 Å². The van der Waals surface area contributed by atoms with Gasteiger partial charge in [0.2, 0.25) is 5.91 Å². The minimum Gasteiger partial charge on any atom is -0.480 e. The minimum atomic E-state index is -3.15. The Hall–Kier alpha value is -2.02. The second kappa shape index (κ2) is 18.7. The predicted molar refractivity (Wildman–Crippen MR) is 122 cm³/mol. The summed E-state index contributed by atoms with van der Waals surface area (Å²) in [5.41, 5.74) is 2.67. The average molecular weight is 443 g/mol. The number of carboxylic acid groups (broad SMARTS) is 1. The zero-order valence-corrected chi connectivity index (χ0v) is 18.8. The summed E-state index contributed by atoms with van der Waals surface area (Å²) in [6.45, 7) is 2.34. The van der Waals surface area contributed by atoms with Gasteiger partial charge >= 0.3 is 5.97 Å². The summed E-state index contributed by atoms with van der Waals surface area (Å²) in [4.78, 5) is 22.6. The smallest absolute Gasteiger partial charge is 0.329 e. The standard InChI is InChI=1S/C24H40F2N2O3/c1-2-3-4-5-6-7-8-9-10-11-12-13-14-15-16-18-21(29)28-20-17-19-24(27,22(25)26)23(30)31/h6-7,9-10,12-13,22H,2-5,8,11,14-20,27H2,1H3,(H,28,29)(H,30,31)/b7-6+,10-9+,13-12+. The van der Waals surface area contributed by atoms with Gasteiger partial charge in [0, 0.05) is 13.0 Å². The first kappa shape index (κ1) is 29.0. The lowest BCUT2D eigenvalue weighted by molar-refractivity contribution is -0.150. The van der Waals surface area contributed by atoms with E-state index in [2.05, 4.69) is 48.7 Å². The molecule has 1 unspecified atom stereocenters. The predicted octanol–water partition coefficient (Wildman–Crippen LogP) is 5.52. The number of alkyl halides is 2. The Balaban J connectivity index is 3.67. The van der Waals surface area contributed by atoms with Gasteiger partial charge < -0.3 is 16.2 Å². The van der Waals surface area contributed by atoms with Crippen molar-refractivity contribution in [1.29, 1.82) is 0 Å². The fraction of sp³-hybridized carbons (Fsp3) is 0.667. The molecule has 0 saturated carbocycles. The van der Waals surface area contributed by atoms with Crippen molar-refractivity contribution in [3.8, 4) is 0 Å². The van der Waals surface area contributed by atoms with Gasteiger partial charge in [-0.25, -0.2) is 13.6 Å². The van der Waals surface area contributed by atoms with Crippen LogP contribution in [-0.4, -0.2) is 35.5 Å². The first-order valence-electron chi connectivity index (χ1n) is 11.4. The van der Waals surface area contributed by atoms with Gasteiger partial charge in [-0.3, -0.25) is 4.79 Å². The molecule has 1 amide bonds. The van der Waals surface area contributed by atoms with Crippen LogP contribution >= 0.6 is 0 Å². The number of hydrogen-bond donors (Lipinski definition) is 3. The number of carboxylic acids is 1. The summed E-state index contributed by atoms with van der Waals surface area (Å²) >= 11 is 0. The van der Waals surface area contributed by atoms with E-state index in [1.54, 1.807) is 0 Å². The molecule has 0 radical (unpaired) electrons. The number of nitrogens with one attached hydrogen (secondary N) is 1. The zero-order chi connectivity index (χ0) is 23.4. The molecule has 0 aromatic heterocycles. The lowest BCUT2D eigenvalue weighted by Crippen LogP contribution is -2.54. The molecule has 0 bridgehead atoms. The van der Waals surface area contributed by atoms with Crippen LogP contribution in [0.15, 0.2) is 36.5 Å². The number of halogens is 2. The van der Waals surface area contributed by atoms with Crippen molar-refractivity contribution in [2.75, 3.05) is 6.54 Å². The third kappa shape index (κ3) is 15.4. The van der Waals surface area contributed by atoms with Gasteiger partial charge in [-0.05, 0) is 57.8 Å². The van der Waals surface area contributed by atoms with Gasteiger partial charge in [-0.1, -0.05) is 56.2 Å². The quantitative estimate of drug-likeness (QED) is 0.181. The maximum Gasteiger partial charge on any atom is 0.329 e. The van der Waals surface area contributed by atoms with Crippen LogP contribution in [-0.2, 0) is 9.59 Å². The van der Waals surface area contributed by atoms with Crippen LogP contribution in [0.25, 0.3) is 0 Å². The van der Waals surface area contributed by atoms with E-state index in [-0.39, 0.29) is 18.9 Å².